The number of nitro groups is 1. The highest BCUT2D eigenvalue weighted by molar-refractivity contribution is 5.99. The second kappa shape index (κ2) is 11.8. The fraction of sp³-hybridized carbons (Fsp3) is 0.312. The van der Waals surface area contributed by atoms with Gasteiger partial charge in [-0.25, -0.2) is 9.59 Å². The van der Waals surface area contributed by atoms with Gasteiger partial charge in [0.1, 0.15) is 6.10 Å². The Morgan fingerprint density at radius 2 is 1.85 bits per heavy atom. The van der Waals surface area contributed by atoms with Gasteiger partial charge in [-0.2, -0.15) is 0 Å². The molecule has 3 N–H and O–H groups in total. The number of carboxylic acid groups (broad SMARTS) is 1. The molecule has 0 radical (unpaired) electrons. The number of carbonyl (C=O) groups excluding carboxylic acids is 1. The summed E-state index contributed by atoms with van der Waals surface area (Å²) in [6, 6.07) is 15.6. The van der Waals surface area contributed by atoms with Crippen LogP contribution in [0.25, 0.3) is 0 Å². The fourth-order valence-corrected chi connectivity index (χ4v) is 6.20. The number of allylic oxidation sites excluding steroid dienone is 4. The fourth-order valence-electron chi connectivity index (χ4n) is 6.20. The first kappa shape index (κ1) is 27.9. The van der Waals surface area contributed by atoms with Crippen molar-refractivity contribution in [1.82, 2.24) is 10.6 Å². The van der Waals surface area contributed by atoms with Gasteiger partial charge in [0.15, 0.2) is 0 Å². The third kappa shape index (κ3) is 5.79. The summed E-state index contributed by atoms with van der Waals surface area (Å²) >= 11 is 0. The molecule has 2 aromatic rings. The minimum atomic E-state index is -1.22. The van der Waals surface area contributed by atoms with Crippen LogP contribution in [0.4, 0.5) is 5.69 Å². The van der Waals surface area contributed by atoms with Gasteiger partial charge in [-0.3, -0.25) is 10.1 Å². The number of nitro benzene ring substituents is 1. The van der Waals surface area contributed by atoms with E-state index in [0.29, 0.717) is 23.4 Å². The first-order valence-electron chi connectivity index (χ1n) is 13.8. The number of esters is 1. The van der Waals surface area contributed by atoms with E-state index >= 15 is 0 Å². The largest absolute Gasteiger partial charge is 0.478 e. The molecule has 9 nitrogen and oxygen atoms in total. The summed E-state index contributed by atoms with van der Waals surface area (Å²) in [6.45, 7) is 4.07. The molecule has 3 atom stereocenters. The van der Waals surface area contributed by atoms with Gasteiger partial charge in [0.2, 0.25) is 0 Å². The maximum atomic E-state index is 14.2. The number of nitrogens with one attached hydrogen (secondary N) is 2. The smallest absolute Gasteiger partial charge is 0.337 e. The number of aliphatic carboxylic acids is 1. The zero-order valence-electron chi connectivity index (χ0n) is 23.1. The summed E-state index contributed by atoms with van der Waals surface area (Å²) in [5.74, 6) is -2.90. The number of hydrogen-bond acceptors (Lipinski definition) is 7. The molecule has 0 amide bonds. The van der Waals surface area contributed by atoms with E-state index in [1.165, 1.54) is 23.8 Å². The molecule has 9 heteroatoms. The zero-order valence-corrected chi connectivity index (χ0v) is 23.1. The van der Waals surface area contributed by atoms with Gasteiger partial charge in [0, 0.05) is 48.1 Å². The van der Waals surface area contributed by atoms with E-state index in [1.54, 1.807) is 19.9 Å². The molecule has 0 bridgehead atoms. The van der Waals surface area contributed by atoms with Crippen LogP contribution in [0.1, 0.15) is 50.2 Å². The van der Waals surface area contributed by atoms with E-state index < -0.39 is 28.9 Å². The Morgan fingerprint density at radius 3 is 2.59 bits per heavy atom. The normalized spacial score (nSPS) is 21.0. The van der Waals surface area contributed by atoms with Crippen LogP contribution < -0.4 is 10.6 Å². The van der Waals surface area contributed by atoms with Crippen molar-refractivity contribution in [3.63, 3.8) is 0 Å². The van der Waals surface area contributed by atoms with Crippen LogP contribution in [0.3, 0.4) is 0 Å². The van der Waals surface area contributed by atoms with Crippen LogP contribution in [0.5, 0.6) is 0 Å². The highest BCUT2D eigenvalue weighted by Gasteiger charge is 2.40. The third-order valence-electron chi connectivity index (χ3n) is 8.04. The van der Waals surface area contributed by atoms with Crippen molar-refractivity contribution in [2.24, 2.45) is 5.92 Å². The van der Waals surface area contributed by atoms with Gasteiger partial charge in [-0.1, -0.05) is 48.5 Å². The molecule has 2 aromatic carbocycles. The Kier molecular flexibility index (Phi) is 8.05. The molecule has 0 fully saturated rings. The van der Waals surface area contributed by atoms with Crippen molar-refractivity contribution in [2.45, 2.75) is 51.6 Å². The number of carbonyl (C=O) groups is 2. The van der Waals surface area contributed by atoms with E-state index in [-0.39, 0.29) is 22.8 Å². The number of nitrogens with zero attached hydrogens (tertiary/aromatic N) is 1. The summed E-state index contributed by atoms with van der Waals surface area (Å²) in [6.07, 6.45) is 6.82. The molecule has 212 valence electrons. The molecule has 2 heterocycles. The highest BCUT2D eigenvalue weighted by atomic mass is 16.6. The van der Waals surface area contributed by atoms with Crippen LogP contribution in [-0.2, 0) is 20.7 Å². The second-order valence-electron chi connectivity index (χ2n) is 10.6. The SMILES string of the molecule is CC1=C(C(=O)O)C(c2cccc([N+](=O)[O-])c2)C(C(=O)OC(Cc2ccccc2)C2CCNC3=C2CCC=C3)=C(C)N1. The lowest BCUT2D eigenvalue weighted by Crippen LogP contribution is -2.39. The first-order chi connectivity index (χ1) is 19.7. The quantitative estimate of drug-likeness (QED) is 0.228. The molecule has 0 aromatic heterocycles. The van der Waals surface area contributed by atoms with Gasteiger partial charge >= 0.3 is 11.9 Å². The Hall–Kier alpha value is -4.66. The van der Waals surface area contributed by atoms with Gasteiger partial charge in [-0.15, -0.1) is 0 Å². The Balaban J connectivity index is 1.55. The van der Waals surface area contributed by atoms with E-state index in [2.05, 4.69) is 22.8 Å². The van der Waals surface area contributed by atoms with Crippen LogP contribution in [0.2, 0.25) is 0 Å². The number of non-ortho nitro benzene ring substituents is 1. The van der Waals surface area contributed by atoms with E-state index in [9.17, 15) is 24.8 Å². The molecule has 3 aliphatic rings. The lowest BCUT2D eigenvalue weighted by atomic mass is 9.79. The van der Waals surface area contributed by atoms with E-state index in [4.69, 9.17) is 4.74 Å². The van der Waals surface area contributed by atoms with Gasteiger partial charge in [-0.05, 0) is 55.9 Å². The van der Waals surface area contributed by atoms with Crippen molar-refractivity contribution in [1.29, 1.82) is 0 Å². The summed E-state index contributed by atoms with van der Waals surface area (Å²) in [5.41, 5.74) is 4.41. The summed E-state index contributed by atoms with van der Waals surface area (Å²) < 4.78 is 6.37. The monoisotopic (exact) mass is 555 g/mol. The second-order valence-corrected chi connectivity index (χ2v) is 10.6. The summed E-state index contributed by atoms with van der Waals surface area (Å²) in [4.78, 5) is 37.7. The lowest BCUT2D eigenvalue weighted by Gasteiger charge is -2.36. The molecule has 2 aliphatic heterocycles. The van der Waals surface area contributed by atoms with Crippen molar-refractivity contribution < 1.29 is 24.4 Å². The van der Waals surface area contributed by atoms with E-state index in [0.717, 1.165) is 37.1 Å². The van der Waals surface area contributed by atoms with E-state index in [1.807, 2.05) is 30.3 Å². The maximum Gasteiger partial charge on any atom is 0.337 e. The molecule has 0 spiro atoms. The number of carboxylic acids is 1. The molecule has 1 aliphatic carbocycles. The molecular formula is C32H33N3O6. The summed E-state index contributed by atoms with van der Waals surface area (Å²) in [5, 5.41) is 28.2. The average molecular weight is 556 g/mol. The molecule has 0 saturated heterocycles. The highest BCUT2D eigenvalue weighted by Crippen LogP contribution is 2.41. The number of benzene rings is 2. The molecular weight excluding hydrogens is 522 g/mol. The standard InChI is InChI=1S/C32H33N3O6/c1-19-28(31(36)37)30(22-11-8-12-23(18-22)35(39)40)29(20(2)34-19)32(38)41-27(17-21-9-4-3-5-10-21)25-15-16-33-26-14-7-6-13-24(25)26/h3-5,7-12,14,18,25,27,30,33-34H,6,13,15-17H2,1-2H3,(H,36,37). The van der Waals surface area contributed by atoms with Crippen LogP contribution in [0.15, 0.2) is 101 Å². The van der Waals surface area contributed by atoms with Crippen LogP contribution >= 0.6 is 0 Å². The summed E-state index contributed by atoms with van der Waals surface area (Å²) in [7, 11) is 0. The van der Waals surface area contributed by atoms with Gasteiger partial charge < -0.3 is 20.5 Å². The molecule has 3 unspecified atom stereocenters. The Labute approximate surface area is 238 Å². The first-order valence-corrected chi connectivity index (χ1v) is 13.8. The van der Waals surface area contributed by atoms with Gasteiger partial charge in [0.25, 0.3) is 5.69 Å². The van der Waals surface area contributed by atoms with Crippen molar-refractivity contribution >= 4 is 17.6 Å². The van der Waals surface area contributed by atoms with Crippen molar-refractivity contribution in [3.8, 4) is 0 Å². The Bertz CT molecular complexity index is 1500. The van der Waals surface area contributed by atoms with Crippen molar-refractivity contribution in [3.05, 3.63) is 122 Å². The van der Waals surface area contributed by atoms with Gasteiger partial charge in [0.05, 0.1) is 22.0 Å². The molecule has 0 saturated carbocycles. The third-order valence-corrected chi connectivity index (χ3v) is 8.04. The minimum Gasteiger partial charge on any atom is -0.478 e. The number of dihydropyridines is 1. The average Bonchev–Trinajstić information content (AvgIpc) is 2.96. The molecule has 5 rings (SSSR count). The number of ether oxygens (including phenoxy) is 1. The Morgan fingerprint density at radius 1 is 1.10 bits per heavy atom. The minimum absolute atomic E-state index is 0.00898. The number of rotatable bonds is 8. The lowest BCUT2D eigenvalue weighted by molar-refractivity contribution is -0.384. The predicted molar refractivity (Wildman–Crippen MR) is 154 cm³/mol. The predicted octanol–water partition coefficient (Wildman–Crippen LogP) is 5.28. The number of hydrogen-bond donors (Lipinski definition) is 3. The topological polar surface area (TPSA) is 131 Å². The zero-order chi connectivity index (χ0) is 29.1. The van der Waals surface area contributed by atoms with Crippen LogP contribution in [0, 0.1) is 16.0 Å². The van der Waals surface area contributed by atoms with Crippen LogP contribution in [-0.4, -0.2) is 34.6 Å². The molecule has 41 heavy (non-hydrogen) atoms. The van der Waals surface area contributed by atoms with Crippen molar-refractivity contribution in [2.75, 3.05) is 6.54 Å². The maximum absolute atomic E-state index is 14.2.